The van der Waals surface area contributed by atoms with E-state index in [-0.39, 0.29) is 5.82 Å². The van der Waals surface area contributed by atoms with Crippen molar-refractivity contribution in [1.29, 1.82) is 0 Å². The summed E-state index contributed by atoms with van der Waals surface area (Å²) in [6, 6.07) is 6.48. The Kier molecular flexibility index (Phi) is 5.84. The number of aryl methyl sites for hydroxylation is 2. The predicted octanol–water partition coefficient (Wildman–Crippen LogP) is 4.00. The zero-order valence-electron chi connectivity index (χ0n) is 18.5. The Hall–Kier alpha value is -2.76. The normalized spacial score (nSPS) is 16.2. The van der Waals surface area contributed by atoms with E-state index in [0.29, 0.717) is 60.5 Å². The topological polar surface area (TPSA) is 95.0 Å². The number of fused-ring (bicyclic) bond motifs is 3. The molecule has 34 heavy (non-hydrogen) atoms. The Morgan fingerprint density at radius 1 is 1.12 bits per heavy atom. The zero-order chi connectivity index (χ0) is 23.1. The Balaban J connectivity index is 1.32. The molecule has 176 valence electrons. The van der Waals surface area contributed by atoms with E-state index in [4.69, 9.17) is 15.5 Å². The number of hydrogen-bond donors (Lipinski definition) is 1. The number of aromatic nitrogens is 5. The summed E-state index contributed by atoms with van der Waals surface area (Å²) in [7, 11) is 0. The SMILES string of the molecule is Nc1nc(CSc2nnc(N3CCOCC3)n2-c2cccc(F)c2)nc2sc3c(c12)CCCC3. The summed E-state index contributed by atoms with van der Waals surface area (Å²) >= 11 is 3.21. The number of nitrogens with zero attached hydrogens (tertiary/aromatic N) is 6. The molecule has 4 aromatic rings. The van der Waals surface area contributed by atoms with Gasteiger partial charge in [-0.2, -0.15) is 0 Å². The van der Waals surface area contributed by atoms with E-state index in [1.807, 2.05) is 10.6 Å². The second-order valence-corrected chi connectivity index (χ2v) is 10.4. The molecule has 2 aliphatic rings. The van der Waals surface area contributed by atoms with Gasteiger partial charge in [-0.1, -0.05) is 17.8 Å². The lowest BCUT2D eigenvalue weighted by molar-refractivity contribution is 0.122. The summed E-state index contributed by atoms with van der Waals surface area (Å²) < 4.78 is 21.5. The lowest BCUT2D eigenvalue weighted by atomic mass is 9.97. The van der Waals surface area contributed by atoms with Gasteiger partial charge in [-0.25, -0.2) is 14.4 Å². The number of nitrogens with two attached hydrogens (primary N) is 1. The molecule has 4 heterocycles. The van der Waals surface area contributed by atoms with E-state index >= 15 is 0 Å². The van der Waals surface area contributed by atoms with Crippen molar-refractivity contribution in [2.24, 2.45) is 0 Å². The van der Waals surface area contributed by atoms with Gasteiger partial charge < -0.3 is 15.4 Å². The zero-order valence-corrected chi connectivity index (χ0v) is 20.2. The van der Waals surface area contributed by atoms with Gasteiger partial charge in [-0.05, 0) is 49.4 Å². The standard InChI is InChI=1S/C23H24FN7OS2/c24-14-4-3-5-15(12-14)31-22(30-8-10-32-11-9-30)28-29-23(31)33-13-18-26-20(25)19-16-6-1-2-7-17(16)34-21(19)27-18/h3-5,12H,1-2,6-11,13H2,(H2,25,26,27). The minimum Gasteiger partial charge on any atom is -0.383 e. The van der Waals surface area contributed by atoms with Crippen LogP contribution in [0.15, 0.2) is 29.4 Å². The van der Waals surface area contributed by atoms with Crippen LogP contribution in [0.25, 0.3) is 15.9 Å². The Morgan fingerprint density at radius 2 is 1.97 bits per heavy atom. The van der Waals surface area contributed by atoms with Crippen molar-refractivity contribution in [3.63, 3.8) is 0 Å². The van der Waals surface area contributed by atoms with Crippen molar-refractivity contribution in [3.8, 4) is 5.69 Å². The first-order valence-electron chi connectivity index (χ1n) is 11.4. The van der Waals surface area contributed by atoms with E-state index in [9.17, 15) is 4.39 Å². The largest absolute Gasteiger partial charge is 0.383 e. The highest BCUT2D eigenvalue weighted by Gasteiger charge is 2.23. The number of ether oxygens (including phenoxy) is 1. The molecule has 0 spiro atoms. The molecule has 0 atom stereocenters. The van der Waals surface area contributed by atoms with Crippen LogP contribution in [0.2, 0.25) is 0 Å². The molecule has 6 rings (SSSR count). The molecule has 1 aromatic carbocycles. The van der Waals surface area contributed by atoms with E-state index in [1.165, 1.54) is 47.2 Å². The Labute approximate surface area is 204 Å². The van der Waals surface area contributed by atoms with Crippen molar-refractivity contribution in [1.82, 2.24) is 24.7 Å². The third kappa shape index (κ3) is 4.01. The molecule has 1 aliphatic heterocycles. The van der Waals surface area contributed by atoms with Crippen LogP contribution in [-0.2, 0) is 23.3 Å². The molecule has 1 fully saturated rings. The fraction of sp³-hybridized carbons (Fsp3) is 0.391. The first-order chi connectivity index (χ1) is 16.7. The molecule has 0 amide bonds. The molecule has 1 saturated heterocycles. The number of thioether (sulfide) groups is 1. The second-order valence-electron chi connectivity index (χ2n) is 8.40. The number of anilines is 2. The molecule has 11 heteroatoms. The van der Waals surface area contributed by atoms with E-state index in [0.717, 1.165) is 23.1 Å². The first-order valence-corrected chi connectivity index (χ1v) is 13.2. The van der Waals surface area contributed by atoms with Gasteiger partial charge in [-0.15, -0.1) is 21.5 Å². The van der Waals surface area contributed by atoms with Crippen LogP contribution >= 0.6 is 23.1 Å². The molecular weight excluding hydrogens is 473 g/mol. The Morgan fingerprint density at radius 3 is 2.82 bits per heavy atom. The van der Waals surface area contributed by atoms with E-state index in [1.54, 1.807) is 17.4 Å². The van der Waals surface area contributed by atoms with E-state index in [2.05, 4.69) is 20.1 Å². The van der Waals surface area contributed by atoms with Gasteiger partial charge in [0.2, 0.25) is 5.95 Å². The minimum atomic E-state index is -0.307. The van der Waals surface area contributed by atoms with Crippen molar-refractivity contribution in [2.45, 2.75) is 36.6 Å². The van der Waals surface area contributed by atoms with Gasteiger partial charge in [0.1, 0.15) is 22.3 Å². The summed E-state index contributed by atoms with van der Waals surface area (Å²) in [4.78, 5) is 13.9. The summed E-state index contributed by atoms with van der Waals surface area (Å²) in [6.07, 6.45) is 4.56. The number of halogens is 1. The van der Waals surface area contributed by atoms with Crippen molar-refractivity contribution >= 4 is 45.1 Å². The van der Waals surface area contributed by atoms with Crippen molar-refractivity contribution < 1.29 is 9.13 Å². The van der Waals surface area contributed by atoms with Crippen molar-refractivity contribution in [2.75, 3.05) is 36.9 Å². The summed E-state index contributed by atoms with van der Waals surface area (Å²) in [6.45, 7) is 2.65. The average molecular weight is 498 g/mol. The summed E-state index contributed by atoms with van der Waals surface area (Å²) in [5.74, 6) is 2.08. The smallest absolute Gasteiger partial charge is 0.232 e. The molecule has 3 aromatic heterocycles. The van der Waals surface area contributed by atoms with Crippen molar-refractivity contribution in [3.05, 3.63) is 46.3 Å². The maximum atomic E-state index is 14.1. The van der Waals surface area contributed by atoms with Crippen LogP contribution in [0.4, 0.5) is 16.2 Å². The predicted molar refractivity (Wildman–Crippen MR) is 132 cm³/mol. The van der Waals surface area contributed by atoms with Gasteiger partial charge in [0.15, 0.2) is 5.16 Å². The van der Waals surface area contributed by atoms with Crippen LogP contribution in [0.1, 0.15) is 29.1 Å². The first kappa shape index (κ1) is 21.8. The highest BCUT2D eigenvalue weighted by atomic mass is 32.2. The highest BCUT2D eigenvalue weighted by Crippen LogP contribution is 2.38. The number of hydrogen-bond acceptors (Lipinski definition) is 9. The van der Waals surface area contributed by atoms with Crippen LogP contribution in [-0.4, -0.2) is 51.0 Å². The summed E-state index contributed by atoms with van der Waals surface area (Å²) in [5.41, 5.74) is 8.40. The maximum absolute atomic E-state index is 14.1. The highest BCUT2D eigenvalue weighted by molar-refractivity contribution is 7.98. The molecule has 8 nitrogen and oxygen atoms in total. The second kappa shape index (κ2) is 9.12. The van der Waals surface area contributed by atoms with Gasteiger partial charge in [0.25, 0.3) is 0 Å². The quantitative estimate of drug-likeness (QED) is 0.414. The van der Waals surface area contributed by atoms with Crippen LogP contribution in [0, 0.1) is 5.82 Å². The van der Waals surface area contributed by atoms with Gasteiger partial charge in [0.05, 0.1) is 30.0 Å². The molecular formula is C23H24FN7OS2. The van der Waals surface area contributed by atoms with Crippen LogP contribution < -0.4 is 10.6 Å². The molecule has 1 aliphatic carbocycles. The minimum absolute atomic E-state index is 0.307. The lowest BCUT2D eigenvalue weighted by Gasteiger charge is -2.27. The fourth-order valence-corrected chi connectivity index (χ4v) is 6.68. The van der Waals surface area contributed by atoms with Crippen LogP contribution in [0.5, 0.6) is 0 Å². The maximum Gasteiger partial charge on any atom is 0.232 e. The monoisotopic (exact) mass is 497 g/mol. The third-order valence-corrected chi connectivity index (χ3v) is 8.31. The molecule has 0 radical (unpaired) electrons. The number of thiophene rings is 1. The Bertz CT molecular complexity index is 1350. The number of nitrogen functional groups attached to an aromatic ring is 1. The lowest BCUT2D eigenvalue weighted by Crippen LogP contribution is -2.37. The van der Waals surface area contributed by atoms with E-state index < -0.39 is 0 Å². The van der Waals surface area contributed by atoms with Gasteiger partial charge in [0, 0.05) is 18.0 Å². The molecule has 0 unspecified atom stereocenters. The summed E-state index contributed by atoms with van der Waals surface area (Å²) in [5, 5.41) is 10.6. The molecule has 2 N–H and O–H groups in total. The average Bonchev–Trinajstić information content (AvgIpc) is 3.45. The third-order valence-electron chi connectivity index (χ3n) is 6.20. The number of benzene rings is 1. The molecule has 0 bridgehead atoms. The van der Waals surface area contributed by atoms with Crippen LogP contribution in [0.3, 0.4) is 0 Å². The number of rotatable bonds is 5. The fourth-order valence-electron chi connectivity index (χ4n) is 4.59. The van der Waals surface area contributed by atoms with Gasteiger partial charge in [-0.3, -0.25) is 4.57 Å². The van der Waals surface area contributed by atoms with Gasteiger partial charge >= 0.3 is 0 Å². The molecule has 0 saturated carbocycles. The number of morpholine rings is 1.